The molecule has 1 amide bonds. The first kappa shape index (κ1) is 25.2. The Balaban J connectivity index is 1.48. The predicted molar refractivity (Wildman–Crippen MR) is 134 cm³/mol. The summed E-state index contributed by atoms with van der Waals surface area (Å²) >= 11 is 7.41. The number of fused-ring (bicyclic) bond motifs is 1. The number of amides is 1. The molecule has 7 nitrogen and oxygen atoms in total. The van der Waals surface area contributed by atoms with Gasteiger partial charge in [-0.1, -0.05) is 17.7 Å². The Morgan fingerprint density at radius 2 is 1.77 bits per heavy atom. The Morgan fingerprint density at radius 1 is 1.03 bits per heavy atom. The minimum Gasteiger partial charge on any atom is -0.486 e. The summed E-state index contributed by atoms with van der Waals surface area (Å²) in [5.41, 5.74) is 0.0329. The lowest BCUT2D eigenvalue weighted by Crippen LogP contribution is -2.41. The molecule has 0 saturated carbocycles. The molecular weight excluding hydrogens is 515 g/mol. The molecule has 4 rings (SSSR count). The summed E-state index contributed by atoms with van der Waals surface area (Å²) in [7, 11) is -4.22. The highest BCUT2D eigenvalue weighted by atomic mass is 35.5. The van der Waals surface area contributed by atoms with Crippen LogP contribution in [0.1, 0.15) is 0 Å². The molecule has 0 saturated heterocycles. The second-order valence-electron chi connectivity index (χ2n) is 7.45. The van der Waals surface area contributed by atoms with Crippen LogP contribution in [0.15, 0.2) is 76.5 Å². The molecule has 1 aliphatic rings. The molecule has 184 valence electrons. The number of anilines is 1. The SMILES string of the molecule is O=C(CN(c1cccc(F)c1)S(=O)(=O)c1ccc2c(c1)OCCO2)NCCSc1ccc(Cl)cc1. The molecule has 0 fully saturated rings. The molecule has 1 heterocycles. The number of halogens is 2. The van der Waals surface area contributed by atoms with Crippen molar-refractivity contribution in [3.63, 3.8) is 0 Å². The van der Waals surface area contributed by atoms with E-state index in [1.165, 1.54) is 48.2 Å². The van der Waals surface area contributed by atoms with E-state index in [4.69, 9.17) is 21.1 Å². The lowest BCUT2D eigenvalue weighted by atomic mass is 10.3. The van der Waals surface area contributed by atoms with Crippen LogP contribution in [-0.2, 0) is 14.8 Å². The van der Waals surface area contributed by atoms with Crippen LogP contribution in [0, 0.1) is 5.82 Å². The quantitative estimate of drug-likeness (QED) is 0.323. The molecule has 0 atom stereocenters. The number of carbonyl (C=O) groups is 1. The highest BCUT2D eigenvalue weighted by Gasteiger charge is 2.29. The number of hydrogen-bond donors (Lipinski definition) is 1. The number of carbonyl (C=O) groups excluding carboxylic acids is 1. The number of nitrogens with one attached hydrogen (secondary N) is 1. The second kappa shape index (κ2) is 11.2. The van der Waals surface area contributed by atoms with Crippen LogP contribution in [0.3, 0.4) is 0 Å². The van der Waals surface area contributed by atoms with E-state index in [1.807, 2.05) is 12.1 Å². The van der Waals surface area contributed by atoms with Crippen molar-refractivity contribution >= 4 is 45.0 Å². The fraction of sp³-hybridized carbons (Fsp3) is 0.208. The van der Waals surface area contributed by atoms with Crippen LogP contribution in [-0.4, -0.2) is 46.4 Å². The normalized spacial score (nSPS) is 12.7. The molecule has 0 unspecified atom stereocenters. The Bertz CT molecular complexity index is 1310. The maximum Gasteiger partial charge on any atom is 0.264 e. The lowest BCUT2D eigenvalue weighted by molar-refractivity contribution is -0.119. The molecule has 11 heteroatoms. The van der Waals surface area contributed by atoms with Gasteiger partial charge in [0.15, 0.2) is 11.5 Å². The highest BCUT2D eigenvalue weighted by Crippen LogP contribution is 2.34. The standard InChI is InChI=1S/C24H22ClFN2O5S2/c25-17-4-6-20(7-5-17)34-13-10-27-24(29)16-28(19-3-1-2-18(26)14-19)35(30,31)21-8-9-22-23(15-21)33-12-11-32-22/h1-9,14-15H,10-13,16H2,(H,27,29). The maximum absolute atomic E-state index is 13.9. The van der Waals surface area contributed by atoms with Crippen LogP contribution in [0.5, 0.6) is 11.5 Å². The van der Waals surface area contributed by atoms with Crippen molar-refractivity contribution in [3.05, 3.63) is 77.6 Å². The van der Waals surface area contributed by atoms with E-state index in [2.05, 4.69) is 5.32 Å². The Morgan fingerprint density at radius 3 is 2.51 bits per heavy atom. The molecule has 0 bridgehead atoms. The summed E-state index contributed by atoms with van der Waals surface area (Å²) in [5.74, 6) is 0.155. The van der Waals surface area contributed by atoms with Crippen molar-refractivity contribution in [2.24, 2.45) is 0 Å². The van der Waals surface area contributed by atoms with E-state index in [0.29, 0.717) is 42.0 Å². The van der Waals surface area contributed by atoms with E-state index < -0.39 is 28.3 Å². The van der Waals surface area contributed by atoms with Crippen molar-refractivity contribution in [3.8, 4) is 11.5 Å². The number of rotatable bonds is 9. The average molecular weight is 537 g/mol. The summed E-state index contributed by atoms with van der Waals surface area (Å²) in [6.07, 6.45) is 0. The number of benzene rings is 3. The Kier molecular flexibility index (Phi) is 8.04. The smallest absolute Gasteiger partial charge is 0.264 e. The predicted octanol–water partition coefficient (Wildman–Crippen LogP) is 4.35. The number of sulfonamides is 1. The number of hydrogen-bond acceptors (Lipinski definition) is 6. The highest BCUT2D eigenvalue weighted by molar-refractivity contribution is 7.99. The molecule has 3 aromatic carbocycles. The van der Waals surface area contributed by atoms with Gasteiger partial charge >= 0.3 is 0 Å². The van der Waals surface area contributed by atoms with E-state index in [1.54, 1.807) is 12.1 Å². The van der Waals surface area contributed by atoms with Gasteiger partial charge in [0.25, 0.3) is 10.0 Å². The fourth-order valence-electron chi connectivity index (χ4n) is 3.33. The van der Waals surface area contributed by atoms with Crippen LogP contribution in [0.2, 0.25) is 5.02 Å². The zero-order valence-corrected chi connectivity index (χ0v) is 20.8. The summed E-state index contributed by atoms with van der Waals surface area (Å²) < 4.78 is 52.8. The first-order valence-corrected chi connectivity index (χ1v) is 13.5. The van der Waals surface area contributed by atoms with Gasteiger partial charge in [0.1, 0.15) is 25.6 Å². The second-order valence-corrected chi connectivity index (χ2v) is 10.9. The third-order valence-corrected chi connectivity index (χ3v) is 8.03. The zero-order valence-electron chi connectivity index (χ0n) is 18.4. The van der Waals surface area contributed by atoms with Gasteiger partial charge in [0, 0.05) is 28.3 Å². The van der Waals surface area contributed by atoms with Gasteiger partial charge in [-0.2, -0.15) is 0 Å². The summed E-state index contributed by atoms with van der Waals surface area (Å²) in [6, 6.07) is 16.6. The molecule has 3 aromatic rings. The zero-order chi connectivity index (χ0) is 24.8. The van der Waals surface area contributed by atoms with Gasteiger partial charge < -0.3 is 14.8 Å². The third-order valence-electron chi connectivity index (χ3n) is 4.99. The Hall–Kier alpha value is -2.95. The molecule has 1 aliphatic heterocycles. The minimum atomic E-state index is -4.22. The Labute approximate surface area is 212 Å². The molecule has 0 spiro atoms. The van der Waals surface area contributed by atoms with Crippen LogP contribution >= 0.6 is 23.4 Å². The lowest BCUT2D eigenvalue weighted by Gasteiger charge is -2.25. The van der Waals surface area contributed by atoms with Gasteiger partial charge in [0.05, 0.1) is 10.6 Å². The third kappa shape index (κ3) is 6.39. The van der Waals surface area contributed by atoms with E-state index in [0.717, 1.165) is 15.3 Å². The van der Waals surface area contributed by atoms with E-state index in [-0.39, 0.29) is 10.6 Å². The first-order chi connectivity index (χ1) is 16.8. The molecule has 0 aliphatic carbocycles. The van der Waals surface area contributed by atoms with Crippen molar-refractivity contribution in [2.75, 3.05) is 36.4 Å². The van der Waals surface area contributed by atoms with Crippen LogP contribution in [0.4, 0.5) is 10.1 Å². The number of nitrogens with zero attached hydrogens (tertiary/aromatic N) is 1. The topological polar surface area (TPSA) is 84.9 Å². The largest absolute Gasteiger partial charge is 0.486 e. The molecule has 1 N–H and O–H groups in total. The molecular formula is C24H22ClFN2O5S2. The van der Waals surface area contributed by atoms with Crippen molar-refractivity contribution in [1.29, 1.82) is 0 Å². The maximum atomic E-state index is 13.9. The van der Waals surface area contributed by atoms with E-state index >= 15 is 0 Å². The van der Waals surface area contributed by atoms with Crippen LogP contribution in [0.25, 0.3) is 0 Å². The van der Waals surface area contributed by atoms with Crippen molar-refractivity contribution < 1.29 is 27.1 Å². The van der Waals surface area contributed by atoms with Crippen molar-refractivity contribution in [2.45, 2.75) is 9.79 Å². The fourth-order valence-corrected chi connectivity index (χ4v) is 5.66. The van der Waals surface area contributed by atoms with Gasteiger partial charge in [-0.3, -0.25) is 9.10 Å². The van der Waals surface area contributed by atoms with Gasteiger partial charge in [-0.15, -0.1) is 11.8 Å². The summed E-state index contributed by atoms with van der Waals surface area (Å²) in [6.45, 7) is 0.449. The van der Waals surface area contributed by atoms with Gasteiger partial charge in [-0.25, -0.2) is 12.8 Å². The van der Waals surface area contributed by atoms with Gasteiger partial charge in [0.2, 0.25) is 5.91 Å². The summed E-state index contributed by atoms with van der Waals surface area (Å²) in [5, 5.41) is 3.36. The number of ether oxygens (including phenoxy) is 2. The molecule has 0 radical (unpaired) electrons. The summed E-state index contributed by atoms with van der Waals surface area (Å²) in [4.78, 5) is 13.6. The monoisotopic (exact) mass is 536 g/mol. The average Bonchev–Trinajstić information content (AvgIpc) is 2.86. The van der Waals surface area contributed by atoms with Crippen molar-refractivity contribution in [1.82, 2.24) is 5.32 Å². The molecule has 35 heavy (non-hydrogen) atoms. The number of thioether (sulfide) groups is 1. The van der Waals surface area contributed by atoms with E-state index in [9.17, 15) is 17.6 Å². The van der Waals surface area contributed by atoms with Gasteiger partial charge in [-0.05, 0) is 54.6 Å². The minimum absolute atomic E-state index is 0.0329. The molecule has 0 aromatic heterocycles. The van der Waals surface area contributed by atoms with Crippen LogP contribution < -0.4 is 19.1 Å². The first-order valence-electron chi connectivity index (χ1n) is 10.7.